The van der Waals surface area contributed by atoms with Gasteiger partial charge in [-0.1, -0.05) is 11.6 Å². The maximum Gasteiger partial charge on any atom is 0.255 e. The van der Waals surface area contributed by atoms with Crippen LogP contribution in [-0.4, -0.2) is 61.3 Å². The predicted octanol–water partition coefficient (Wildman–Crippen LogP) is 1.80. The van der Waals surface area contributed by atoms with Crippen molar-refractivity contribution < 1.29 is 14.3 Å². The molecule has 1 unspecified atom stereocenters. The van der Waals surface area contributed by atoms with Crippen molar-refractivity contribution in [1.82, 2.24) is 9.88 Å². The molecular weight excluding hydrogens is 306 g/mol. The van der Waals surface area contributed by atoms with Crippen molar-refractivity contribution in [2.75, 3.05) is 44.8 Å². The van der Waals surface area contributed by atoms with Gasteiger partial charge in [0.25, 0.3) is 5.91 Å². The standard InChI is InChI=1S/C15H20ClN3O3/c16-13-8-11(15(20)19-3-6-21-7-4-19)9-17-14(13)18-10-12-2-1-5-22-12/h8-9,12H,1-7,10H2,(H,17,18). The minimum absolute atomic E-state index is 0.0524. The first kappa shape index (κ1) is 15.5. The van der Waals surface area contributed by atoms with E-state index in [0.717, 1.165) is 19.4 Å². The van der Waals surface area contributed by atoms with Crippen LogP contribution in [0.5, 0.6) is 0 Å². The van der Waals surface area contributed by atoms with Crippen LogP contribution in [0.25, 0.3) is 0 Å². The van der Waals surface area contributed by atoms with Gasteiger partial charge in [0.15, 0.2) is 0 Å². The molecule has 3 rings (SSSR count). The summed E-state index contributed by atoms with van der Waals surface area (Å²) in [6.45, 7) is 3.87. The number of nitrogens with zero attached hydrogens (tertiary/aromatic N) is 2. The molecule has 2 saturated heterocycles. The molecular formula is C15H20ClN3O3. The molecule has 1 aromatic heterocycles. The van der Waals surface area contributed by atoms with E-state index in [2.05, 4.69) is 10.3 Å². The average Bonchev–Trinajstić information content (AvgIpc) is 3.07. The summed E-state index contributed by atoms with van der Waals surface area (Å²) >= 11 is 6.24. The molecule has 6 nitrogen and oxygen atoms in total. The number of anilines is 1. The highest BCUT2D eigenvalue weighted by Gasteiger charge is 2.20. The van der Waals surface area contributed by atoms with Gasteiger partial charge in [0.2, 0.25) is 0 Å². The van der Waals surface area contributed by atoms with Gasteiger partial charge in [0.1, 0.15) is 5.82 Å². The van der Waals surface area contributed by atoms with Gasteiger partial charge in [-0.3, -0.25) is 4.79 Å². The number of nitrogens with one attached hydrogen (secondary N) is 1. The highest BCUT2D eigenvalue weighted by molar-refractivity contribution is 6.33. The first-order chi connectivity index (χ1) is 10.7. The lowest BCUT2D eigenvalue weighted by Gasteiger charge is -2.26. The first-order valence-electron chi connectivity index (χ1n) is 7.62. The van der Waals surface area contributed by atoms with Gasteiger partial charge >= 0.3 is 0 Å². The molecule has 7 heteroatoms. The number of ether oxygens (including phenoxy) is 2. The summed E-state index contributed by atoms with van der Waals surface area (Å²) < 4.78 is 10.8. The van der Waals surface area contributed by atoms with Crippen molar-refractivity contribution in [1.29, 1.82) is 0 Å². The molecule has 0 radical (unpaired) electrons. The Bertz CT molecular complexity index is 529. The van der Waals surface area contributed by atoms with Crippen LogP contribution in [-0.2, 0) is 9.47 Å². The quantitative estimate of drug-likeness (QED) is 0.914. The zero-order valence-corrected chi connectivity index (χ0v) is 13.1. The van der Waals surface area contributed by atoms with E-state index >= 15 is 0 Å². The van der Waals surface area contributed by atoms with Crippen molar-refractivity contribution in [3.63, 3.8) is 0 Å². The third-order valence-corrected chi connectivity index (χ3v) is 4.20. The van der Waals surface area contributed by atoms with Crippen LogP contribution in [0.15, 0.2) is 12.3 Å². The molecule has 2 fully saturated rings. The summed E-state index contributed by atoms with van der Waals surface area (Å²) in [5.74, 6) is 0.541. The molecule has 1 aromatic rings. The molecule has 1 amide bonds. The largest absolute Gasteiger partial charge is 0.378 e. The summed E-state index contributed by atoms with van der Waals surface area (Å²) in [7, 11) is 0. The molecule has 2 aliphatic rings. The molecule has 120 valence electrons. The monoisotopic (exact) mass is 325 g/mol. The van der Waals surface area contributed by atoms with Crippen molar-refractivity contribution >= 4 is 23.3 Å². The fraction of sp³-hybridized carbons (Fsp3) is 0.600. The van der Waals surface area contributed by atoms with Crippen LogP contribution < -0.4 is 5.32 Å². The van der Waals surface area contributed by atoms with E-state index in [-0.39, 0.29) is 12.0 Å². The number of carbonyl (C=O) groups is 1. The predicted molar refractivity (Wildman–Crippen MR) is 83.4 cm³/mol. The number of amides is 1. The third kappa shape index (κ3) is 3.69. The third-order valence-electron chi connectivity index (χ3n) is 3.91. The summed E-state index contributed by atoms with van der Waals surface area (Å²) in [5.41, 5.74) is 0.509. The van der Waals surface area contributed by atoms with Crippen LogP contribution in [0, 0.1) is 0 Å². The fourth-order valence-electron chi connectivity index (χ4n) is 2.65. The molecule has 22 heavy (non-hydrogen) atoms. The second kappa shape index (κ2) is 7.26. The second-order valence-corrected chi connectivity index (χ2v) is 5.88. The minimum atomic E-state index is -0.0524. The first-order valence-corrected chi connectivity index (χ1v) is 8.00. The number of hydrogen-bond donors (Lipinski definition) is 1. The number of halogens is 1. The number of carbonyl (C=O) groups excluding carboxylic acids is 1. The summed E-state index contributed by atoms with van der Waals surface area (Å²) in [4.78, 5) is 18.4. The normalized spacial score (nSPS) is 21.9. The molecule has 0 aliphatic carbocycles. The van der Waals surface area contributed by atoms with E-state index in [4.69, 9.17) is 21.1 Å². The molecule has 1 N–H and O–H groups in total. The fourth-order valence-corrected chi connectivity index (χ4v) is 2.88. The number of aromatic nitrogens is 1. The van der Waals surface area contributed by atoms with Gasteiger partial charge in [-0.25, -0.2) is 4.98 Å². The van der Waals surface area contributed by atoms with Gasteiger partial charge in [0.05, 0.1) is 29.9 Å². The Morgan fingerprint density at radius 3 is 2.91 bits per heavy atom. The summed E-state index contributed by atoms with van der Waals surface area (Å²) in [6.07, 6.45) is 3.94. The van der Waals surface area contributed by atoms with E-state index in [9.17, 15) is 4.79 Å². The lowest BCUT2D eigenvalue weighted by molar-refractivity contribution is 0.0302. The Kier molecular flexibility index (Phi) is 5.12. The zero-order chi connectivity index (χ0) is 15.4. The van der Waals surface area contributed by atoms with Crippen molar-refractivity contribution in [2.24, 2.45) is 0 Å². The van der Waals surface area contributed by atoms with Gasteiger partial charge in [-0.15, -0.1) is 0 Å². The molecule has 0 saturated carbocycles. The maximum absolute atomic E-state index is 12.4. The lowest BCUT2D eigenvalue weighted by Crippen LogP contribution is -2.40. The number of hydrogen-bond acceptors (Lipinski definition) is 5. The summed E-state index contributed by atoms with van der Waals surface area (Å²) in [5, 5.41) is 3.64. The van der Waals surface area contributed by atoms with Crippen LogP contribution >= 0.6 is 11.6 Å². The minimum Gasteiger partial charge on any atom is -0.378 e. The van der Waals surface area contributed by atoms with E-state index < -0.39 is 0 Å². The highest BCUT2D eigenvalue weighted by Crippen LogP contribution is 2.22. The van der Waals surface area contributed by atoms with Crippen LogP contribution in [0.3, 0.4) is 0 Å². The Hall–Kier alpha value is -1.37. The van der Waals surface area contributed by atoms with Gasteiger partial charge < -0.3 is 19.7 Å². The molecule has 3 heterocycles. The number of pyridine rings is 1. The Balaban J connectivity index is 1.61. The van der Waals surface area contributed by atoms with Crippen molar-refractivity contribution in [2.45, 2.75) is 18.9 Å². The van der Waals surface area contributed by atoms with E-state index in [0.29, 0.717) is 49.3 Å². The van der Waals surface area contributed by atoms with Gasteiger partial charge in [-0.2, -0.15) is 0 Å². The average molecular weight is 326 g/mol. The Morgan fingerprint density at radius 2 is 2.23 bits per heavy atom. The SMILES string of the molecule is O=C(c1cnc(NCC2CCCO2)c(Cl)c1)N1CCOCC1. The molecule has 0 spiro atoms. The number of rotatable bonds is 4. The number of morpholine rings is 1. The lowest BCUT2D eigenvalue weighted by atomic mass is 10.2. The van der Waals surface area contributed by atoms with E-state index in [1.807, 2.05) is 0 Å². The van der Waals surface area contributed by atoms with Crippen molar-refractivity contribution in [3.05, 3.63) is 22.8 Å². The second-order valence-electron chi connectivity index (χ2n) is 5.47. The summed E-state index contributed by atoms with van der Waals surface area (Å²) in [6, 6.07) is 1.67. The molecule has 0 bridgehead atoms. The van der Waals surface area contributed by atoms with Crippen LogP contribution in [0.4, 0.5) is 5.82 Å². The maximum atomic E-state index is 12.4. The van der Waals surface area contributed by atoms with Crippen LogP contribution in [0.2, 0.25) is 5.02 Å². The topological polar surface area (TPSA) is 63.7 Å². The highest BCUT2D eigenvalue weighted by atomic mass is 35.5. The Labute approximate surface area is 134 Å². The van der Waals surface area contributed by atoms with Crippen molar-refractivity contribution in [3.8, 4) is 0 Å². The van der Waals surface area contributed by atoms with E-state index in [1.54, 1.807) is 17.2 Å². The molecule has 1 atom stereocenters. The smallest absolute Gasteiger partial charge is 0.255 e. The Morgan fingerprint density at radius 1 is 1.41 bits per heavy atom. The van der Waals surface area contributed by atoms with E-state index in [1.165, 1.54) is 0 Å². The van der Waals surface area contributed by atoms with Gasteiger partial charge in [0, 0.05) is 32.4 Å². The molecule has 0 aromatic carbocycles. The van der Waals surface area contributed by atoms with Crippen LogP contribution in [0.1, 0.15) is 23.2 Å². The van der Waals surface area contributed by atoms with Gasteiger partial charge in [-0.05, 0) is 18.9 Å². The zero-order valence-electron chi connectivity index (χ0n) is 12.4. The molecule has 2 aliphatic heterocycles.